The predicted molar refractivity (Wildman–Crippen MR) is 128 cm³/mol. The monoisotopic (exact) mass is 511 g/mol. The first-order chi connectivity index (χ1) is 16.9. The maximum absolute atomic E-state index is 13.6. The number of fused-ring (bicyclic) bond motifs is 1. The van der Waals surface area contributed by atoms with Crippen LogP contribution in [0, 0.1) is 13.8 Å². The van der Waals surface area contributed by atoms with Crippen LogP contribution in [0.4, 0.5) is 22.0 Å². The summed E-state index contributed by atoms with van der Waals surface area (Å²) in [6.07, 6.45) is -2.18. The highest BCUT2D eigenvalue weighted by Crippen LogP contribution is 2.38. The van der Waals surface area contributed by atoms with Gasteiger partial charge in [-0.15, -0.1) is 13.2 Å². The van der Waals surface area contributed by atoms with Gasteiger partial charge in [0, 0.05) is 56.3 Å². The molecule has 3 aromatic rings. The van der Waals surface area contributed by atoms with Gasteiger partial charge in [-0.1, -0.05) is 6.92 Å². The molecule has 0 saturated carbocycles. The molecule has 2 aromatic heterocycles. The van der Waals surface area contributed by atoms with E-state index in [4.69, 9.17) is 9.72 Å². The molecule has 1 aromatic carbocycles. The third-order valence-electron chi connectivity index (χ3n) is 6.76. The number of halogens is 5. The summed E-state index contributed by atoms with van der Waals surface area (Å²) < 4.78 is 76.7. The van der Waals surface area contributed by atoms with E-state index in [0.29, 0.717) is 30.9 Å². The number of pyridine rings is 1. The second-order valence-electron chi connectivity index (χ2n) is 9.37. The van der Waals surface area contributed by atoms with E-state index < -0.39 is 12.3 Å². The van der Waals surface area contributed by atoms with Crippen LogP contribution < -0.4 is 9.47 Å². The number of methoxy groups -OCH3 is 1. The number of hydrogen-bond acceptors (Lipinski definition) is 4. The van der Waals surface area contributed by atoms with Gasteiger partial charge < -0.3 is 18.9 Å². The Kier molecular flexibility index (Phi) is 7.19. The van der Waals surface area contributed by atoms with Crippen molar-refractivity contribution in [1.82, 2.24) is 14.5 Å². The fourth-order valence-electron chi connectivity index (χ4n) is 4.84. The van der Waals surface area contributed by atoms with Crippen molar-refractivity contribution in [1.29, 1.82) is 0 Å². The molecule has 196 valence electrons. The molecule has 10 heteroatoms. The summed E-state index contributed by atoms with van der Waals surface area (Å²) in [4.78, 5) is 6.98. The predicted octanol–water partition coefficient (Wildman–Crippen LogP) is 6.91. The van der Waals surface area contributed by atoms with Gasteiger partial charge >= 0.3 is 6.36 Å². The molecule has 0 N–H and O–H groups in total. The van der Waals surface area contributed by atoms with Crippen molar-refractivity contribution in [2.45, 2.75) is 58.4 Å². The molecule has 1 fully saturated rings. The third kappa shape index (κ3) is 5.58. The lowest BCUT2D eigenvalue weighted by Gasteiger charge is -2.34. The number of ether oxygens (including phenoxy) is 2. The normalized spacial score (nSPS) is 17.4. The highest BCUT2D eigenvalue weighted by molar-refractivity contribution is 5.85. The van der Waals surface area contributed by atoms with Gasteiger partial charge in [0.05, 0.1) is 23.8 Å². The van der Waals surface area contributed by atoms with Gasteiger partial charge in [0.15, 0.2) is 0 Å². The maximum Gasteiger partial charge on any atom is 0.573 e. The van der Waals surface area contributed by atoms with Crippen molar-refractivity contribution >= 4 is 11.0 Å². The number of hydrogen-bond donors (Lipinski definition) is 0. The van der Waals surface area contributed by atoms with E-state index >= 15 is 0 Å². The summed E-state index contributed by atoms with van der Waals surface area (Å²) in [5, 5.41) is 0. The van der Waals surface area contributed by atoms with Crippen LogP contribution in [0.1, 0.15) is 43.4 Å². The quantitative estimate of drug-likeness (QED) is 0.323. The van der Waals surface area contributed by atoms with E-state index in [2.05, 4.69) is 21.1 Å². The summed E-state index contributed by atoms with van der Waals surface area (Å²) >= 11 is 0. The fourth-order valence-corrected chi connectivity index (χ4v) is 4.84. The molecule has 36 heavy (non-hydrogen) atoms. The lowest BCUT2D eigenvalue weighted by Crippen LogP contribution is -2.41. The smallest absolute Gasteiger partial charge is 0.496 e. The number of nitrogens with zero attached hydrogens (tertiary/aromatic N) is 3. The van der Waals surface area contributed by atoms with Crippen molar-refractivity contribution in [3.8, 4) is 22.8 Å². The minimum Gasteiger partial charge on any atom is -0.496 e. The van der Waals surface area contributed by atoms with E-state index in [9.17, 15) is 22.0 Å². The Balaban J connectivity index is 1.67. The molecule has 4 rings (SSSR count). The van der Waals surface area contributed by atoms with Gasteiger partial charge in [0.1, 0.15) is 11.5 Å². The highest BCUT2D eigenvalue weighted by atomic mass is 19.4. The maximum atomic E-state index is 13.6. The third-order valence-corrected chi connectivity index (χ3v) is 6.76. The van der Waals surface area contributed by atoms with Gasteiger partial charge in [0.2, 0.25) is 0 Å². The Labute approximate surface area is 206 Å². The zero-order chi connectivity index (χ0) is 26.3. The Morgan fingerprint density at radius 2 is 1.78 bits per heavy atom. The molecule has 1 atom stereocenters. The number of aromatic nitrogens is 2. The second-order valence-corrected chi connectivity index (χ2v) is 9.37. The van der Waals surface area contributed by atoms with Gasteiger partial charge in [-0.3, -0.25) is 0 Å². The number of benzene rings is 1. The summed E-state index contributed by atoms with van der Waals surface area (Å²) in [7, 11) is 1.38. The van der Waals surface area contributed by atoms with Crippen LogP contribution in [0.15, 0.2) is 30.5 Å². The number of likely N-dealkylation sites (tertiary alicyclic amines) is 1. The molecular weight excluding hydrogens is 481 g/mol. The zero-order valence-corrected chi connectivity index (χ0v) is 20.8. The molecule has 1 aliphatic heterocycles. The molecule has 0 aliphatic carbocycles. The van der Waals surface area contributed by atoms with Crippen LogP contribution in [-0.2, 0) is 0 Å². The van der Waals surface area contributed by atoms with Crippen LogP contribution in [0.25, 0.3) is 22.3 Å². The molecule has 0 amide bonds. The van der Waals surface area contributed by atoms with Crippen molar-refractivity contribution in [3.63, 3.8) is 0 Å². The molecule has 1 aliphatic rings. The summed E-state index contributed by atoms with van der Waals surface area (Å²) in [5.41, 5.74) is 4.64. The minimum absolute atomic E-state index is 0.0910. The Morgan fingerprint density at radius 3 is 2.39 bits per heavy atom. The summed E-state index contributed by atoms with van der Waals surface area (Å²) in [6, 6.07) is 6.05. The largest absolute Gasteiger partial charge is 0.573 e. The minimum atomic E-state index is -4.80. The molecule has 1 saturated heterocycles. The number of piperidine rings is 1. The standard InChI is InChI=1S/C26H30F5N3O2/c1-5-18(15-33-10-8-25(27,28)9-11-33)34-14-17(3)24-21(34)12-16(2)23(32-24)20-7-6-19(13-22(20)35-4)36-26(29,30)31/h6-7,12-14,18H,5,8-11,15H2,1-4H3/t18-/m0/s1. The first-order valence-corrected chi connectivity index (χ1v) is 11.9. The van der Waals surface area contributed by atoms with Crippen LogP contribution in [0.3, 0.4) is 0 Å². The van der Waals surface area contributed by atoms with Crippen molar-refractivity contribution in [3.05, 3.63) is 41.6 Å². The topological polar surface area (TPSA) is 39.5 Å². The summed E-state index contributed by atoms with van der Waals surface area (Å²) in [5.74, 6) is -2.73. The molecule has 3 heterocycles. The van der Waals surface area contributed by atoms with Crippen molar-refractivity contribution in [2.24, 2.45) is 0 Å². The fraction of sp³-hybridized carbons (Fsp3) is 0.500. The average Bonchev–Trinajstić information content (AvgIpc) is 3.12. The number of rotatable bonds is 7. The van der Waals surface area contributed by atoms with Gasteiger partial charge in [-0.05, 0) is 49.6 Å². The van der Waals surface area contributed by atoms with Crippen LogP contribution in [0.2, 0.25) is 0 Å². The first-order valence-electron chi connectivity index (χ1n) is 11.9. The molecule has 0 spiro atoms. The van der Waals surface area contributed by atoms with Crippen LogP contribution in [-0.4, -0.2) is 53.5 Å². The Bertz CT molecular complexity index is 1230. The highest BCUT2D eigenvalue weighted by Gasteiger charge is 2.35. The molecule has 0 unspecified atom stereocenters. The van der Waals surface area contributed by atoms with Crippen LogP contribution >= 0.6 is 0 Å². The van der Waals surface area contributed by atoms with Crippen molar-refractivity contribution < 1.29 is 31.4 Å². The molecule has 0 radical (unpaired) electrons. The molecule has 0 bridgehead atoms. The Morgan fingerprint density at radius 1 is 1.08 bits per heavy atom. The number of aryl methyl sites for hydroxylation is 2. The lowest BCUT2D eigenvalue weighted by atomic mass is 10.0. The lowest BCUT2D eigenvalue weighted by molar-refractivity contribution is -0.274. The van der Waals surface area contributed by atoms with Crippen LogP contribution in [0.5, 0.6) is 11.5 Å². The number of alkyl halides is 5. The van der Waals surface area contributed by atoms with E-state index in [1.807, 2.05) is 26.1 Å². The molecular formula is C26H30F5N3O2. The Hall–Kier alpha value is -2.88. The van der Waals surface area contributed by atoms with Gasteiger partial charge in [0.25, 0.3) is 5.92 Å². The van der Waals surface area contributed by atoms with Crippen molar-refractivity contribution in [2.75, 3.05) is 26.7 Å². The SMILES string of the molecule is CC[C@@H](CN1CCC(F)(F)CC1)n1cc(C)c2nc(-c3ccc(OC(F)(F)F)cc3OC)c(C)cc21. The van der Waals surface area contributed by atoms with Gasteiger partial charge in [-0.2, -0.15) is 0 Å². The van der Waals surface area contributed by atoms with E-state index in [0.717, 1.165) is 28.6 Å². The van der Waals surface area contributed by atoms with E-state index in [1.54, 1.807) is 0 Å². The molecule has 5 nitrogen and oxygen atoms in total. The summed E-state index contributed by atoms with van der Waals surface area (Å²) in [6.45, 7) is 7.34. The van der Waals surface area contributed by atoms with Gasteiger partial charge in [-0.25, -0.2) is 13.8 Å². The average molecular weight is 512 g/mol. The second kappa shape index (κ2) is 9.88. The van der Waals surface area contributed by atoms with E-state index in [-0.39, 0.29) is 30.4 Å². The zero-order valence-electron chi connectivity index (χ0n) is 20.8. The first kappa shape index (κ1) is 26.2. The van der Waals surface area contributed by atoms with E-state index in [1.165, 1.54) is 25.3 Å².